The second-order valence-corrected chi connectivity index (χ2v) is 6.19. The number of benzene rings is 2. The minimum atomic E-state index is -0.414. The molecule has 0 aliphatic carbocycles. The van der Waals surface area contributed by atoms with Crippen LogP contribution in [-0.2, 0) is 9.59 Å². The predicted molar refractivity (Wildman–Crippen MR) is 91.4 cm³/mol. The summed E-state index contributed by atoms with van der Waals surface area (Å²) in [4.78, 5) is 26.3. The Morgan fingerprint density at radius 3 is 2.54 bits per heavy atom. The maximum atomic E-state index is 13.1. The van der Waals surface area contributed by atoms with Crippen LogP contribution in [0.4, 0.5) is 15.8 Å². The van der Waals surface area contributed by atoms with Gasteiger partial charge in [0.05, 0.1) is 5.92 Å². The van der Waals surface area contributed by atoms with Gasteiger partial charge in [0.1, 0.15) is 5.82 Å². The zero-order valence-electron chi connectivity index (χ0n) is 13.7. The molecule has 0 unspecified atom stereocenters. The van der Waals surface area contributed by atoms with Gasteiger partial charge in [-0.15, -0.1) is 0 Å². The van der Waals surface area contributed by atoms with E-state index in [-0.39, 0.29) is 24.1 Å². The second-order valence-electron chi connectivity index (χ2n) is 6.19. The summed E-state index contributed by atoms with van der Waals surface area (Å²) in [5.41, 5.74) is 3.15. The summed E-state index contributed by atoms with van der Waals surface area (Å²) in [7, 11) is 0. The number of hydrogen-bond acceptors (Lipinski definition) is 2. The number of carbonyl (C=O) groups excluding carboxylic acids is 2. The molecular formula is C19H19FN2O2. The Hall–Kier alpha value is -2.69. The SMILES string of the molecule is Cc1ccc(N2C[C@H](C(=O)Nc3ccc(F)cc3C)CC2=O)cc1. The molecule has 1 aliphatic rings. The first-order valence-electron chi connectivity index (χ1n) is 7.88. The van der Waals surface area contributed by atoms with Crippen molar-refractivity contribution >= 4 is 23.2 Å². The van der Waals surface area contributed by atoms with Gasteiger partial charge in [-0.2, -0.15) is 0 Å². The van der Waals surface area contributed by atoms with E-state index in [1.54, 1.807) is 11.8 Å². The van der Waals surface area contributed by atoms with Gasteiger partial charge in [0, 0.05) is 24.3 Å². The minimum Gasteiger partial charge on any atom is -0.326 e. The molecule has 1 N–H and O–H groups in total. The molecular weight excluding hydrogens is 307 g/mol. The third-order valence-corrected chi connectivity index (χ3v) is 4.29. The van der Waals surface area contributed by atoms with Crippen molar-refractivity contribution in [3.05, 3.63) is 59.4 Å². The van der Waals surface area contributed by atoms with Gasteiger partial charge in [-0.1, -0.05) is 17.7 Å². The van der Waals surface area contributed by atoms with Crippen molar-refractivity contribution in [2.45, 2.75) is 20.3 Å². The fraction of sp³-hybridized carbons (Fsp3) is 0.263. The van der Waals surface area contributed by atoms with E-state index >= 15 is 0 Å². The summed E-state index contributed by atoms with van der Waals surface area (Å²) in [5.74, 6) is -1.03. The average Bonchev–Trinajstić information content (AvgIpc) is 2.93. The van der Waals surface area contributed by atoms with Crippen LogP contribution in [0.1, 0.15) is 17.5 Å². The Labute approximate surface area is 140 Å². The number of amides is 2. The molecule has 1 fully saturated rings. The number of nitrogens with zero attached hydrogens (tertiary/aromatic N) is 1. The zero-order valence-corrected chi connectivity index (χ0v) is 13.7. The maximum absolute atomic E-state index is 13.1. The van der Waals surface area contributed by atoms with E-state index in [1.165, 1.54) is 18.2 Å². The average molecular weight is 326 g/mol. The Morgan fingerprint density at radius 1 is 1.17 bits per heavy atom. The molecule has 1 atom stereocenters. The molecule has 3 rings (SSSR count). The lowest BCUT2D eigenvalue weighted by molar-refractivity contribution is -0.122. The first-order chi connectivity index (χ1) is 11.4. The topological polar surface area (TPSA) is 49.4 Å². The standard InChI is InChI=1S/C19H19FN2O2/c1-12-3-6-16(7-4-12)22-11-14(10-18(22)23)19(24)21-17-8-5-15(20)9-13(17)2/h3-9,14H,10-11H2,1-2H3,(H,21,24)/t14-/m1/s1. The molecule has 0 radical (unpaired) electrons. The van der Waals surface area contributed by atoms with E-state index in [2.05, 4.69) is 5.32 Å². The second kappa shape index (κ2) is 6.43. The molecule has 1 saturated heterocycles. The highest BCUT2D eigenvalue weighted by Crippen LogP contribution is 2.27. The smallest absolute Gasteiger partial charge is 0.229 e. The van der Waals surface area contributed by atoms with Crippen molar-refractivity contribution in [3.63, 3.8) is 0 Å². The van der Waals surface area contributed by atoms with E-state index in [0.29, 0.717) is 17.8 Å². The number of hydrogen-bond donors (Lipinski definition) is 1. The molecule has 2 aromatic rings. The fourth-order valence-corrected chi connectivity index (χ4v) is 2.86. The van der Waals surface area contributed by atoms with Gasteiger partial charge in [0.25, 0.3) is 0 Å². The normalized spacial score (nSPS) is 17.2. The Bertz CT molecular complexity index is 786. The number of halogens is 1. The van der Waals surface area contributed by atoms with Crippen LogP contribution < -0.4 is 10.2 Å². The summed E-state index contributed by atoms with van der Waals surface area (Å²) in [5, 5.41) is 2.80. The summed E-state index contributed by atoms with van der Waals surface area (Å²) in [6.45, 7) is 4.07. The van der Waals surface area contributed by atoms with Gasteiger partial charge < -0.3 is 10.2 Å². The van der Waals surface area contributed by atoms with Crippen molar-refractivity contribution in [2.24, 2.45) is 5.92 Å². The molecule has 2 aromatic carbocycles. The first-order valence-corrected chi connectivity index (χ1v) is 7.88. The van der Waals surface area contributed by atoms with Gasteiger partial charge >= 0.3 is 0 Å². The lowest BCUT2D eigenvalue weighted by Gasteiger charge is -2.17. The molecule has 24 heavy (non-hydrogen) atoms. The highest BCUT2D eigenvalue weighted by atomic mass is 19.1. The predicted octanol–water partition coefficient (Wildman–Crippen LogP) is 3.43. The Balaban J connectivity index is 1.70. The van der Waals surface area contributed by atoms with E-state index < -0.39 is 5.92 Å². The number of carbonyl (C=O) groups is 2. The van der Waals surface area contributed by atoms with Gasteiger partial charge in [-0.05, 0) is 49.7 Å². The van der Waals surface area contributed by atoms with E-state index in [1.807, 2.05) is 31.2 Å². The zero-order chi connectivity index (χ0) is 17.3. The van der Waals surface area contributed by atoms with Crippen LogP contribution in [0.5, 0.6) is 0 Å². The van der Waals surface area contributed by atoms with Crippen LogP contribution in [0.3, 0.4) is 0 Å². The molecule has 0 bridgehead atoms. The Kier molecular flexibility index (Phi) is 4.34. The summed E-state index contributed by atoms with van der Waals surface area (Å²) >= 11 is 0. The number of anilines is 2. The molecule has 0 spiro atoms. The van der Waals surface area contributed by atoms with E-state index in [4.69, 9.17) is 0 Å². The lowest BCUT2D eigenvalue weighted by Crippen LogP contribution is -2.28. The molecule has 5 heteroatoms. The summed E-state index contributed by atoms with van der Waals surface area (Å²) in [6, 6.07) is 11.9. The van der Waals surface area contributed by atoms with Crippen LogP contribution in [0.15, 0.2) is 42.5 Å². The van der Waals surface area contributed by atoms with Crippen molar-refractivity contribution in [2.75, 3.05) is 16.8 Å². The van der Waals surface area contributed by atoms with Gasteiger partial charge in [0.2, 0.25) is 11.8 Å². The molecule has 1 heterocycles. The molecule has 0 aromatic heterocycles. The third kappa shape index (κ3) is 3.30. The van der Waals surface area contributed by atoms with Gasteiger partial charge in [-0.3, -0.25) is 9.59 Å². The van der Waals surface area contributed by atoms with Crippen LogP contribution in [0.2, 0.25) is 0 Å². The van der Waals surface area contributed by atoms with Crippen molar-refractivity contribution < 1.29 is 14.0 Å². The highest BCUT2D eigenvalue weighted by molar-refractivity contribution is 6.03. The molecule has 124 valence electrons. The Morgan fingerprint density at radius 2 is 1.88 bits per heavy atom. The summed E-state index contributed by atoms with van der Waals surface area (Å²) < 4.78 is 13.1. The molecule has 0 saturated carbocycles. The molecule has 2 amide bonds. The van der Waals surface area contributed by atoms with Crippen molar-refractivity contribution in [1.29, 1.82) is 0 Å². The van der Waals surface area contributed by atoms with Crippen LogP contribution in [-0.4, -0.2) is 18.4 Å². The fourth-order valence-electron chi connectivity index (χ4n) is 2.86. The number of aryl methyl sites for hydroxylation is 2. The van der Waals surface area contributed by atoms with Crippen LogP contribution >= 0.6 is 0 Å². The molecule has 1 aliphatic heterocycles. The monoisotopic (exact) mass is 326 g/mol. The van der Waals surface area contributed by atoms with E-state index in [9.17, 15) is 14.0 Å². The van der Waals surface area contributed by atoms with Gasteiger partial charge in [-0.25, -0.2) is 4.39 Å². The van der Waals surface area contributed by atoms with Crippen molar-refractivity contribution in [3.8, 4) is 0 Å². The first kappa shape index (κ1) is 16.2. The molecule has 4 nitrogen and oxygen atoms in total. The maximum Gasteiger partial charge on any atom is 0.229 e. The quantitative estimate of drug-likeness (QED) is 0.939. The largest absolute Gasteiger partial charge is 0.326 e. The highest BCUT2D eigenvalue weighted by Gasteiger charge is 2.35. The third-order valence-electron chi connectivity index (χ3n) is 4.29. The van der Waals surface area contributed by atoms with Crippen LogP contribution in [0, 0.1) is 25.6 Å². The summed E-state index contributed by atoms with van der Waals surface area (Å²) in [6.07, 6.45) is 0.181. The number of nitrogens with one attached hydrogen (secondary N) is 1. The lowest BCUT2D eigenvalue weighted by atomic mass is 10.1. The van der Waals surface area contributed by atoms with Crippen molar-refractivity contribution in [1.82, 2.24) is 0 Å². The van der Waals surface area contributed by atoms with E-state index in [0.717, 1.165) is 11.3 Å². The van der Waals surface area contributed by atoms with Gasteiger partial charge in [0.15, 0.2) is 0 Å². The number of rotatable bonds is 3. The van der Waals surface area contributed by atoms with Crippen LogP contribution in [0.25, 0.3) is 0 Å². The minimum absolute atomic E-state index is 0.0603.